The number of rotatable bonds is 4. The van der Waals surface area contributed by atoms with E-state index in [1.54, 1.807) is 0 Å². The van der Waals surface area contributed by atoms with Gasteiger partial charge < -0.3 is 10.6 Å². The lowest BCUT2D eigenvalue weighted by molar-refractivity contribution is 0.731. The van der Waals surface area contributed by atoms with Crippen LogP contribution in [-0.2, 0) is 19.4 Å². The highest BCUT2D eigenvalue weighted by Gasteiger charge is 2.15. The van der Waals surface area contributed by atoms with Crippen molar-refractivity contribution in [2.75, 3.05) is 18.0 Å². The van der Waals surface area contributed by atoms with Gasteiger partial charge in [0.1, 0.15) is 0 Å². The van der Waals surface area contributed by atoms with Crippen molar-refractivity contribution in [2.24, 2.45) is 5.73 Å². The van der Waals surface area contributed by atoms with Gasteiger partial charge in [-0.2, -0.15) is 0 Å². The van der Waals surface area contributed by atoms with Gasteiger partial charge in [-0.1, -0.05) is 36.4 Å². The van der Waals surface area contributed by atoms with Gasteiger partial charge in [0, 0.05) is 18.8 Å². The van der Waals surface area contributed by atoms with E-state index in [9.17, 15) is 0 Å². The van der Waals surface area contributed by atoms with E-state index >= 15 is 0 Å². The van der Waals surface area contributed by atoms with Gasteiger partial charge in [0.2, 0.25) is 0 Å². The van der Waals surface area contributed by atoms with Gasteiger partial charge in [-0.05, 0) is 54.6 Å². The van der Waals surface area contributed by atoms with Gasteiger partial charge in [-0.3, -0.25) is 0 Å². The highest BCUT2D eigenvalue weighted by molar-refractivity contribution is 5.50. The van der Waals surface area contributed by atoms with Gasteiger partial charge in [0.25, 0.3) is 0 Å². The third kappa shape index (κ3) is 2.86. The Bertz CT molecular complexity index is 560. The van der Waals surface area contributed by atoms with Crippen molar-refractivity contribution >= 4 is 5.69 Å². The SMILES string of the molecule is NCCCc1ccc(N2CCc3ccccc3C2)cc1. The molecule has 1 aliphatic heterocycles. The summed E-state index contributed by atoms with van der Waals surface area (Å²) < 4.78 is 0. The summed E-state index contributed by atoms with van der Waals surface area (Å²) in [5.41, 5.74) is 11.2. The Morgan fingerprint density at radius 1 is 0.950 bits per heavy atom. The van der Waals surface area contributed by atoms with Crippen molar-refractivity contribution < 1.29 is 0 Å². The predicted molar refractivity (Wildman–Crippen MR) is 85.0 cm³/mol. The summed E-state index contributed by atoms with van der Waals surface area (Å²) in [6.07, 6.45) is 3.29. The largest absolute Gasteiger partial charge is 0.367 e. The maximum Gasteiger partial charge on any atom is 0.0432 e. The summed E-state index contributed by atoms with van der Waals surface area (Å²) in [7, 11) is 0. The number of fused-ring (bicyclic) bond motifs is 1. The topological polar surface area (TPSA) is 29.3 Å². The molecule has 1 heterocycles. The lowest BCUT2D eigenvalue weighted by atomic mass is 9.99. The number of nitrogens with zero attached hydrogens (tertiary/aromatic N) is 1. The molecule has 0 aliphatic carbocycles. The highest BCUT2D eigenvalue weighted by Crippen LogP contribution is 2.24. The Morgan fingerprint density at radius 3 is 2.45 bits per heavy atom. The molecule has 2 aromatic carbocycles. The molecule has 0 atom stereocenters. The molecule has 0 radical (unpaired) electrons. The summed E-state index contributed by atoms with van der Waals surface area (Å²) in [5.74, 6) is 0. The van der Waals surface area contributed by atoms with Crippen molar-refractivity contribution in [2.45, 2.75) is 25.8 Å². The summed E-state index contributed by atoms with van der Waals surface area (Å²) >= 11 is 0. The number of benzene rings is 2. The van der Waals surface area contributed by atoms with E-state index in [-0.39, 0.29) is 0 Å². The molecule has 0 amide bonds. The number of aryl methyl sites for hydroxylation is 1. The molecule has 0 saturated heterocycles. The molecule has 2 aromatic rings. The van der Waals surface area contributed by atoms with E-state index in [0.29, 0.717) is 0 Å². The van der Waals surface area contributed by atoms with Crippen LogP contribution < -0.4 is 10.6 Å². The first-order valence-corrected chi connectivity index (χ1v) is 7.47. The predicted octanol–water partition coefficient (Wildman–Crippen LogP) is 3.14. The van der Waals surface area contributed by atoms with Crippen LogP contribution >= 0.6 is 0 Å². The quantitative estimate of drug-likeness (QED) is 0.921. The molecular formula is C18H22N2. The van der Waals surface area contributed by atoms with Crippen LogP contribution in [0.4, 0.5) is 5.69 Å². The second-order valence-corrected chi connectivity index (χ2v) is 5.50. The maximum absolute atomic E-state index is 5.56. The smallest absolute Gasteiger partial charge is 0.0432 e. The fourth-order valence-electron chi connectivity index (χ4n) is 2.90. The number of nitrogens with two attached hydrogens (primary N) is 1. The molecule has 20 heavy (non-hydrogen) atoms. The molecule has 0 spiro atoms. The monoisotopic (exact) mass is 266 g/mol. The van der Waals surface area contributed by atoms with Crippen LogP contribution in [0.1, 0.15) is 23.1 Å². The standard InChI is InChI=1S/C18H22N2/c19-12-3-4-15-7-9-18(10-8-15)20-13-11-16-5-1-2-6-17(16)14-20/h1-2,5-10H,3-4,11-14,19H2. The Hall–Kier alpha value is -1.80. The van der Waals surface area contributed by atoms with Crippen molar-refractivity contribution in [3.63, 3.8) is 0 Å². The first-order valence-electron chi connectivity index (χ1n) is 7.47. The van der Waals surface area contributed by atoms with Crippen LogP contribution in [0.25, 0.3) is 0 Å². The van der Waals surface area contributed by atoms with E-state index in [4.69, 9.17) is 5.73 Å². The molecule has 1 aliphatic rings. The second kappa shape index (κ2) is 6.10. The summed E-state index contributed by atoms with van der Waals surface area (Å²) in [5, 5.41) is 0. The highest BCUT2D eigenvalue weighted by atomic mass is 15.1. The Labute approximate surface area is 121 Å². The lowest BCUT2D eigenvalue weighted by Crippen LogP contribution is -2.30. The molecule has 2 N–H and O–H groups in total. The molecular weight excluding hydrogens is 244 g/mol. The summed E-state index contributed by atoms with van der Waals surface area (Å²) in [6.45, 7) is 2.90. The van der Waals surface area contributed by atoms with Crippen molar-refractivity contribution in [1.29, 1.82) is 0 Å². The third-order valence-electron chi connectivity index (χ3n) is 4.10. The van der Waals surface area contributed by atoms with E-state index in [0.717, 1.165) is 38.9 Å². The lowest BCUT2D eigenvalue weighted by Gasteiger charge is -2.30. The molecule has 0 fully saturated rings. The van der Waals surface area contributed by atoms with Crippen LogP contribution in [0, 0.1) is 0 Å². The minimum absolute atomic E-state index is 0.769. The summed E-state index contributed by atoms with van der Waals surface area (Å²) in [4.78, 5) is 2.47. The van der Waals surface area contributed by atoms with Gasteiger partial charge in [-0.25, -0.2) is 0 Å². The van der Waals surface area contributed by atoms with Crippen molar-refractivity contribution in [1.82, 2.24) is 0 Å². The van der Waals surface area contributed by atoms with E-state index in [1.807, 2.05) is 0 Å². The van der Waals surface area contributed by atoms with Crippen molar-refractivity contribution in [3.05, 3.63) is 65.2 Å². The van der Waals surface area contributed by atoms with Crippen LogP contribution in [0.2, 0.25) is 0 Å². The molecule has 0 saturated carbocycles. The number of anilines is 1. The first-order chi connectivity index (χ1) is 9.86. The average Bonchev–Trinajstić information content (AvgIpc) is 2.53. The second-order valence-electron chi connectivity index (χ2n) is 5.50. The molecule has 3 rings (SSSR count). The Morgan fingerprint density at radius 2 is 1.70 bits per heavy atom. The average molecular weight is 266 g/mol. The number of hydrogen-bond donors (Lipinski definition) is 1. The third-order valence-corrected chi connectivity index (χ3v) is 4.10. The van der Waals surface area contributed by atoms with Gasteiger partial charge in [0.15, 0.2) is 0 Å². The fraction of sp³-hybridized carbons (Fsp3) is 0.333. The Kier molecular flexibility index (Phi) is 4.03. The van der Waals surface area contributed by atoms with E-state index in [2.05, 4.69) is 53.4 Å². The summed E-state index contributed by atoms with van der Waals surface area (Å²) in [6, 6.07) is 17.8. The first kappa shape index (κ1) is 13.2. The van der Waals surface area contributed by atoms with Gasteiger partial charge in [0.05, 0.1) is 0 Å². The zero-order valence-electron chi connectivity index (χ0n) is 11.9. The van der Waals surface area contributed by atoms with Crippen LogP contribution in [0.3, 0.4) is 0 Å². The molecule has 2 nitrogen and oxygen atoms in total. The van der Waals surface area contributed by atoms with Crippen molar-refractivity contribution in [3.8, 4) is 0 Å². The minimum atomic E-state index is 0.769. The van der Waals surface area contributed by atoms with Crippen LogP contribution in [-0.4, -0.2) is 13.1 Å². The zero-order valence-corrected chi connectivity index (χ0v) is 11.9. The fourth-order valence-corrected chi connectivity index (χ4v) is 2.90. The Balaban J connectivity index is 1.71. The zero-order chi connectivity index (χ0) is 13.8. The van der Waals surface area contributed by atoms with Gasteiger partial charge in [-0.15, -0.1) is 0 Å². The maximum atomic E-state index is 5.56. The van der Waals surface area contributed by atoms with E-state index in [1.165, 1.54) is 22.4 Å². The van der Waals surface area contributed by atoms with E-state index < -0.39 is 0 Å². The minimum Gasteiger partial charge on any atom is -0.367 e. The molecule has 2 heteroatoms. The molecule has 0 bridgehead atoms. The van der Waals surface area contributed by atoms with Crippen LogP contribution in [0.5, 0.6) is 0 Å². The van der Waals surface area contributed by atoms with Gasteiger partial charge >= 0.3 is 0 Å². The molecule has 0 aromatic heterocycles. The molecule has 104 valence electrons. The number of hydrogen-bond acceptors (Lipinski definition) is 2. The normalized spacial score (nSPS) is 14.2. The van der Waals surface area contributed by atoms with Crippen LogP contribution in [0.15, 0.2) is 48.5 Å². The molecule has 0 unspecified atom stereocenters.